The van der Waals surface area contributed by atoms with Crippen molar-refractivity contribution in [3.8, 4) is 0 Å². The van der Waals surface area contributed by atoms with E-state index in [0.29, 0.717) is 0 Å². The van der Waals surface area contributed by atoms with Crippen LogP contribution in [-0.4, -0.2) is 23.4 Å². The third kappa shape index (κ3) is 11.3. The molecule has 2 nitrogen and oxygen atoms in total. The van der Waals surface area contributed by atoms with Gasteiger partial charge in [0.25, 0.3) is 5.97 Å². The molecular formula is C45H53CoO2P2S+2. The Balaban J connectivity index is 0.000000403. The third-order valence-electron chi connectivity index (χ3n) is 10.4. The normalized spacial score (nSPS) is 20.3. The first-order chi connectivity index (χ1) is 23.6. The molecule has 0 unspecified atom stereocenters. The van der Waals surface area contributed by atoms with Crippen molar-refractivity contribution in [1.29, 1.82) is 0 Å². The van der Waals surface area contributed by atoms with Crippen LogP contribution in [0.4, 0.5) is 0 Å². The van der Waals surface area contributed by atoms with Crippen LogP contribution in [0.25, 0.3) is 0 Å². The summed E-state index contributed by atoms with van der Waals surface area (Å²) in [5.74, 6) is -1.22. The van der Waals surface area contributed by atoms with Crippen molar-refractivity contribution in [3.05, 3.63) is 193 Å². The molecule has 0 amide bonds. The summed E-state index contributed by atoms with van der Waals surface area (Å²) in [7, 11) is -1.13. The predicted octanol–water partition coefficient (Wildman–Crippen LogP) is 12.1. The maximum absolute atomic E-state index is 10.5. The topological polar surface area (TPSA) is 37.3 Å². The monoisotopic (exact) mass is 778 g/mol. The van der Waals surface area contributed by atoms with Crippen LogP contribution >= 0.6 is 15.8 Å². The fraction of sp³-hybridized carbons (Fsp3) is 0.267. The van der Waals surface area contributed by atoms with E-state index in [9.17, 15) is 4.79 Å². The van der Waals surface area contributed by atoms with E-state index in [2.05, 4.69) is 121 Å². The van der Waals surface area contributed by atoms with Crippen LogP contribution in [0.5, 0.6) is 0 Å². The Hall–Kier alpha value is -2.84. The zero-order valence-electron chi connectivity index (χ0n) is 29.8. The van der Waals surface area contributed by atoms with Crippen molar-refractivity contribution in [1.82, 2.24) is 0 Å². The molecule has 0 aromatic heterocycles. The second-order valence-electron chi connectivity index (χ2n) is 13.4. The number of carbonyl (C=O) groups is 1. The second kappa shape index (κ2) is 21.6. The van der Waals surface area contributed by atoms with Crippen molar-refractivity contribution >= 4 is 35.3 Å². The number of hydrogen-bond donors (Lipinski definition) is 1. The van der Waals surface area contributed by atoms with Gasteiger partial charge in [-0.3, -0.25) is 4.79 Å². The molecule has 0 saturated carbocycles. The van der Waals surface area contributed by atoms with Crippen LogP contribution in [0.2, 0.25) is 0 Å². The maximum Gasteiger partial charge on any atom is 3.00 e. The summed E-state index contributed by atoms with van der Waals surface area (Å²) < 4.78 is 0. The van der Waals surface area contributed by atoms with Gasteiger partial charge in [-0.1, -0.05) is 134 Å². The molecule has 51 heavy (non-hydrogen) atoms. The number of rotatable bonds is 10. The van der Waals surface area contributed by atoms with Crippen molar-refractivity contribution in [2.45, 2.75) is 55.2 Å². The number of carboxylic acids is 1. The largest absolute Gasteiger partial charge is 3.00 e. The van der Waals surface area contributed by atoms with Crippen LogP contribution in [0.3, 0.4) is 0 Å². The number of aliphatic carboxylic acids is 1. The fourth-order valence-electron chi connectivity index (χ4n) is 8.07. The molecule has 1 N–H and O–H groups in total. The Kier molecular flexibility index (Phi) is 18.1. The van der Waals surface area contributed by atoms with Gasteiger partial charge in [-0.25, -0.2) is 0 Å². The van der Waals surface area contributed by atoms with Crippen molar-refractivity contribution in [2.75, 3.05) is 12.3 Å². The van der Waals surface area contributed by atoms with E-state index in [0.717, 1.165) is 28.2 Å². The molecule has 0 aliphatic carbocycles. The molecule has 0 bridgehead atoms. The molecule has 0 radical (unpaired) electrons. The van der Waals surface area contributed by atoms with Crippen molar-refractivity contribution in [2.24, 2.45) is 5.92 Å². The van der Waals surface area contributed by atoms with Crippen LogP contribution < -0.4 is 0 Å². The fourth-order valence-corrected chi connectivity index (χ4v) is 17.4. The number of hydrogen-bond acceptors (Lipinski definition) is 2. The Morgan fingerprint density at radius 3 is 1.08 bits per heavy atom. The summed E-state index contributed by atoms with van der Waals surface area (Å²) in [6.07, 6.45) is 10.1. The van der Waals surface area contributed by atoms with Gasteiger partial charge in [0.15, 0.2) is 0 Å². The van der Waals surface area contributed by atoms with Gasteiger partial charge in [-0.15, -0.1) is 12.1 Å². The van der Waals surface area contributed by atoms with Gasteiger partial charge in [0.05, 0.1) is 35.0 Å². The van der Waals surface area contributed by atoms with Crippen molar-refractivity contribution in [3.63, 3.8) is 0 Å². The summed E-state index contributed by atoms with van der Waals surface area (Å²) in [5, 5.41) is 8.61. The van der Waals surface area contributed by atoms with E-state index < -0.39 is 27.7 Å². The summed E-state index contributed by atoms with van der Waals surface area (Å²) in [6, 6.07) is 55.5. The zero-order chi connectivity index (χ0) is 33.1. The molecule has 0 spiro atoms. The quantitative estimate of drug-likeness (QED) is 0.0664. The molecule has 5 atom stereocenters. The minimum Gasteiger partial charge on any atom is -0.813 e. The molecule has 268 valence electrons. The molecule has 7 rings (SSSR count). The number of benzene rings is 5. The van der Waals surface area contributed by atoms with Crippen molar-refractivity contribution < 1.29 is 26.7 Å². The average Bonchev–Trinajstić information content (AvgIpc) is 3.77. The smallest absolute Gasteiger partial charge is 0.813 e. The first kappa shape index (κ1) is 42.6. The Morgan fingerprint density at radius 2 is 0.824 bits per heavy atom. The number of thiol groups is 1. The standard InChI is InChI=1S/C34H36P2.C10H11O2.CH3.Co.H2S/c1-5-13-27(14-6-1)31-21-22-32(28-15-7-2-8-16-28)35(31)25-26-36-33(29-17-9-3-10-18-29)23-24-34(36)30-19-11-4-12-20-30;1-8(10(11)12)7-9-5-3-2-4-6-9;;;/h1-20,31-34H,21-26H2;2-8H,1H3,(H,11,12);1H3;;1H2/q;2*-1;+3;/p+1/t31-,32-,33-,34-;8-;;;/m00.../s1. The molecular weight excluding hydrogens is 725 g/mol. The zero-order valence-corrected chi connectivity index (χ0v) is 33.7. The first-order valence-corrected chi connectivity index (χ1v) is 21.3. The van der Waals surface area contributed by atoms with Gasteiger partial charge in [0.1, 0.15) is 0 Å². The minimum absolute atomic E-state index is 0. The molecule has 2 heterocycles. The molecule has 5 aromatic carbocycles. The van der Waals surface area contributed by atoms with Gasteiger partial charge >= 0.3 is 16.8 Å². The van der Waals surface area contributed by atoms with Crippen LogP contribution in [0, 0.1) is 19.8 Å². The predicted molar refractivity (Wildman–Crippen MR) is 223 cm³/mol. The summed E-state index contributed by atoms with van der Waals surface area (Å²) in [4.78, 5) is 10.5. The molecule has 6 heteroatoms. The second-order valence-corrected chi connectivity index (χ2v) is 19.4. The third-order valence-corrected chi connectivity index (χ3v) is 18.6. The van der Waals surface area contributed by atoms with Gasteiger partial charge in [-0.05, 0) is 47.9 Å². The van der Waals surface area contributed by atoms with Crippen LogP contribution in [-0.2, 0) is 35.1 Å². The Labute approximate surface area is 327 Å². The average molecular weight is 779 g/mol. The molecule has 2 aliphatic heterocycles. The first-order valence-electron chi connectivity index (χ1n) is 17.6. The molecule has 5 aromatic rings. The van der Waals surface area contributed by atoms with E-state index >= 15 is 0 Å². The van der Waals surface area contributed by atoms with Crippen LogP contribution in [0.1, 0.15) is 83.1 Å². The summed E-state index contributed by atoms with van der Waals surface area (Å²) in [5.41, 5.74) is 10.5. The van der Waals surface area contributed by atoms with Gasteiger partial charge < -0.3 is 26.0 Å². The van der Waals surface area contributed by atoms with E-state index in [4.69, 9.17) is 5.11 Å². The van der Waals surface area contributed by atoms with E-state index in [1.54, 1.807) is 35.6 Å². The van der Waals surface area contributed by atoms with E-state index in [-0.39, 0.29) is 37.7 Å². The molecule has 2 fully saturated rings. The Morgan fingerprint density at radius 1 is 0.569 bits per heavy atom. The maximum atomic E-state index is 10.5. The minimum atomic E-state index is -0.793. The molecule has 2 saturated heterocycles. The number of carboxylic acid groups (broad SMARTS) is 1. The van der Waals surface area contributed by atoms with E-state index in [1.165, 1.54) is 38.0 Å². The summed E-state index contributed by atoms with van der Waals surface area (Å²) in [6.45, 7) is 1.66. The Bertz CT molecular complexity index is 1480. The van der Waals surface area contributed by atoms with E-state index in [1.807, 2.05) is 30.3 Å². The van der Waals surface area contributed by atoms with Gasteiger partial charge in [-0.2, -0.15) is 24.1 Å². The SMILES string of the molecule is C[C@@H]([CH-]c1ccccc1)C(=O)O.[CH3-].[Co+3].[SH-].c1ccc([C@@H]2CC[C@@H](c3ccccc3)[PH+]2CC[PH+]2[C@H](c3ccccc3)CC[C@H]2c2ccccc2)cc1. The van der Waals surface area contributed by atoms with Gasteiger partial charge in [0.2, 0.25) is 0 Å². The summed E-state index contributed by atoms with van der Waals surface area (Å²) >= 11 is 0. The molecule has 2 aliphatic rings. The van der Waals surface area contributed by atoms with Crippen LogP contribution in [0.15, 0.2) is 152 Å². The van der Waals surface area contributed by atoms with Gasteiger partial charge in [0, 0.05) is 21.8 Å².